The van der Waals surface area contributed by atoms with Gasteiger partial charge in [0.1, 0.15) is 5.75 Å². The first-order valence-electron chi connectivity index (χ1n) is 8.66. The Labute approximate surface area is 148 Å². The zero-order chi connectivity index (χ0) is 17.1. The molecule has 1 nitrogen and oxygen atoms in total. The third kappa shape index (κ3) is 3.27. The lowest BCUT2D eigenvalue weighted by molar-refractivity contribution is 0.341. The van der Waals surface area contributed by atoms with E-state index in [9.17, 15) is 0 Å². The summed E-state index contributed by atoms with van der Waals surface area (Å²) in [5.74, 6) is 0.926. The molecule has 0 spiro atoms. The van der Waals surface area contributed by atoms with Crippen molar-refractivity contribution in [2.75, 3.05) is 6.61 Å². The summed E-state index contributed by atoms with van der Waals surface area (Å²) in [5, 5.41) is 2.43. The molecule has 0 N–H and O–H groups in total. The van der Waals surface area contributed by atoms with Crippen molar-refractivity contribution in [3.05, 3.63) is 91.0 Å². The molecule has 0 fully saturated rings. The number of fused-ring (bicyclic) bond motifs is 1. The molecule has 0 unspecified atom stereocenters. The van der Waals surface area contributed by atoms with E-state index < -0.39 is 0 Å². The van der Waals surface area contributed by atoms with E-state index >= 15 is 0 Å². The molecule has 25 heavy (non-hydrogen) atoms. The van der Waals surface area contributed by atoms with Gasteiger partial charge in [-0.1, -0.05) is 72.8 Å². The van der Waals surface area contributed by atoms with Gasteiger partial charge in [0.15, 0.2) is 0 Å². The Morgan fingerprint density at radius 2 is 1.12 bits per heavy atom. The number of benzene rings is 4. The predicted octanol–water partition coefficient (Wildman–Crippen LogP) is 6.57. The molecular formula is C24H20O. The molecule has 0 saturated carbocycles. The maximum absolute atomic E-state index is 5.58. The van der Waals surface area contributed by atoms with Gasteiger partial charge in [-0.15, -0.1) is 0 Å². The lowest BCUT2D eigenvalue weighted by atomic mass is 9.98. The van der Waals surface area contributed by atoms with E-state index in [-0.39, 0.29) is 0 Å². The lowest BCUT2D eigenvalue weighted by Gasteiger charge is -2.08. The smallest absolute Gasteiger partial charge is 0.119 e. The summed E-state index contributed by atoms with van der Waals surface area (Å²) >= 11 is 0. The second-order valence-electron chi connectivity index (χ2n) is 6.10. The fraction of sp³-hybridized carbons (Fsp3) is 0.0833. The molecule has 0 atom stereocenters. The second-order valence-corrected chi connectivity index (χ2v) is 6.10. The third-order valence-electron chi connectivity index (χ3n) is 4.45. The minimum atomic E-state index is 0.692. The van der Waals surface area contributed by atoms with Crippen molar-refractivity contribution in [1.29, 1.82) is 0 Å². The van der Waals surface area contributed by atoms with Gasteiger partial charge in [-0.2, -0.15) is 0 Å². The number of rotatable bonds is 4. The summed E-state index contributed by atoms with van der Waals surface area (Å²) in [4.78, 5) is 0. The topological polar surface area (TPSA) is 9.23 Å². The molecule has 0 amide bonds. The molecule has 0 aliphatic rings. The molecule has 0 radical (unpaired) electrons. The average Bonchev–Trinajstić information content (AvgIpc) is 2.69. The van der Waals surface area contributed by atoms with Gasteiger partial charge in [-0.3, -0.25) is 0 Å². The first-order valence-corrected chi connectivity index (χ1v) is 8.66. The van der Waals surface area contributed by atoms with Gasteiger partial charge in [0, 0.05) is 0 Å². The molecule has 0 aliphatic carbocycles. The highest BCUT2D eigenvalue weighted by molar-refractivity contribution is 5.88. The Bertz CT molecular complexity index is 985. The largest absolute Gasteiger partial charge is 0.494 e. The van der Waals surface area contributed by atoms with Gasteiger partial charge in [0.2, 0.25) is 0 Å². The summed E-state index contributed by atoms with van der Waals surface area (Å²) in [7, 11) is 0. The quantitative estimate of drug-likeness (QED) is 0.412. The zero-order valence-corrected chi connectivity index (χ0v) is 14.3. The van der Waals surface area contributed by atoms with Crippen molar-refractivity contribution >= 4 is 10.8 Å². The van der Waals surface area contributed by atoms with Crippen LogP contribution in [0, 0.1) is 0 Å². The molecule has 0 heterocycles. The van der Waals surface area contributed by atoms with Gasteiger partial charge < -0.3 is 4.74 Å². The van der Waals surface area contributed by atoms with E-state index in [1.54, 1.807) is 0 Å². The summed E-state index contributed by atoms with van der Waals surface area (Å²) in [6.07, 6.45) is 0. The monoisotopic (exact) mass is 324 g/mol. The maximum atomic E-state index is 5.58. The Morgan fingerprint density at radius 1 is 0.560 bits per heavy atom. The molecule has 4 aromatic carbocycles. The first-order chi connectivity index (χ1) is 12.3. The highest BCUT2D eigenvalue weighted by Crippen LogP contribution is 2.29. The van der Waals surface area contributed by atoms with Gasteiger partial charge >= 0.3 is 0 Å². The summed E-state index contributed by atoms with van der Waals surface area (Å²) in [5.41, 5.74) is 4.95. The highest BCUT2D eigenvalue weighted by Gasteiger charge is 2.03. The number of hydrogen-bond donors (Lipinski definition) is 0. The summed E-state index contributed by atoms with van der Waals surface area (Å²) in [6.45, 7) is 2.70. The van der Waals surface area contributed by atoms with Crippen molar-refractivity contribution in [3.8, 4) is 28.0 Å². The van der Waals surface area contributed by atoms with E-state index in [1.807, 2.05) is 19.1 Å². The summed E-state index contributed by atoms with van der Waals surface area (Å²) < 4.78 is 5.58. The Kier molecular flexibility index (Phi) is 4.22. The van der Waals surface area contributed by atoms with Gasteiger partial charge in [-0.25, -0.2) is 0 Å². The van der Waals surface area contributed by atoms with Crippen LogP contribution < -0.4 is 4.74 Å². The fourth-order valence-electron chi connectivity index (χ4n) is 3.15. The van der Waals surface area contributed by atoms with Crippen molar-refractivity contribution < 1.29 is 4.74 Å². The highest BCUT2D eigenvalue weighted by atomic mass is 16.5. The van der Waals surface area contributed by atoms with Crippen LogP contribution in [0.2, 0.25) is 0 Å². The van der Waals surface area contributed by atoms with Crippen LogP contribution in [0.15, 0.2) is 91.0 Å². The Hall–Kier alpha value is -3.06. The number of hydrogen-bond acceptors (Lipinski definition) is 1. The normalized spacial score (nSPS) is 10.8. The first kappa shape index (κ1) is 15.5. The van der Waals surface area contributed by atoms with Crippen molar-refractivity contribution in [2.45, 2.75) is 6.92 Å². The molecular weight excluding hydrogens is 304 g/mol. The van der Waals surface area contributed by atoms with Crippen LogP contribution in [0.1, 0.15) is 6.92 Å². The zero-order valence-electron chi connectivity index (χ0n) is 14.3. The number of ether oxygens (including phenoxy) is 1. The van der Waals surface area contributed by atoms with Crippen LogP contribution in [0.4, 0.5) is 0 Å². The molecule has 1 heteroatoms. The molecule has 0 aliphatic heterocycles. The minimum absolute atomic E-state index is 0.692. The predicted molar refractivity (Wildman–Crippen MR) is 106 cm³/mol. The molecule has 0 saturated heterocycles. The van der Waals surface area contributed by atoms with Crippen LogP contribution in [-0.4, -0.2) is 6.61 Å². The minimum Gasteiger partial charge on any atom is -0.494 e. The van der Waals surface area contributed by atoms with Crippen LogP contribution in [0.3, 0.4) is 0 Å². The SMILES string of the molecule is CCOc1ccc2cc(-c3ccc(-c4ccccc4)cc3)ccc2c1. The van der Waals surface area contributed by atoms with Crippen molar-refractivity contribution in [1.82, 2.24) is 0 Å². The fourth-order valence-corrected chi connectivity index (χ4v) is 3.15. The third-order valence-corrected chi connectivity index (χ3v) is 4.45. The average molecular weight is 324 g/mol. The van der Waals surface area contributed by atoms with Crippen LogP contribution in [0.25, 0.3) is 33.0 Å². The molecule has 4 aromatic rings. The lowest BCUT2D eigenvalue weighted by Crippen LogP contribution is -1.90. The van der Waals surface area contributed by atoms with Gasteiger partial charge in [0.25, 0.3) is 0 Å². The van der Waals surface area contributed by atoms with Crippen molar-refractivity contribution in [2.24, 2.45) is 0 Å². The Morgan fingerprint density at radius 3 is 1.84 bits per heavy atom. The van der Waals surface area contributed by atoms with E-state index in [0.717, 1.165) is 5.75 Å². The van der Waals surface area contributed by atoms with Crippen LogP contribution in [-0.2, 0) is 0 Å². The molecule has 0 aromatic heterocycles. The summed E-state index contributed by atoms with van der Waals surface area (Å²) in [6, 6.07) is 32.1. The molecule has 122 valence electrons. The maximum Gasteiger partial charge on any atom is 0.119 e. The van der Waals surface area contributed by atoms with E-state index in [4.69, 9.17) is 4.74 Å². The second kappa shape index (κ2) is 6.82. The van der Waals surface area contributed by atoms with E-state index in [0.29, 0.717) is 6.61 Å². The van der Waals surface area contributed by atoms with Gasteiger partial charge in [-0.05, 0) is 58.1 Å². The standard InChI is InChI=1S/C24H20O/c1-2-25-24-15-14-22-16-21(12-13-23(22)17-24)20-10-8-19(9-11-20)18-6-4-3-5-7-18/h3-17H,2H2,1H3. The van der Waals surface area contributed by atoms with Crippen molar-refractivity contribution in [3.63, 3.8) is 0 Å². The van der Waals surface area contributed by atoms with E-state index in [1.165, 1.54) is 33.0 Å². The van der Waals surface area contributed by atoms with Crippen LogP contribution in [0.5, 0.6) is 5.75 Å². The van der Waals surface area contributed by atoms with Gasteiger partial charge in [0.05, 0.1) is 6.61 Å². The van der Waals surface area contributed by atoms with Crippen LogP contribution >= 0.6 is 0 Å². The molecule has 0 bridgehead atoms. The Balaban J connectivity index is 1.66. The van der Waals surface area contributed by atoms with E-state index in [2.05, 4.69) is 78.9 Å². The molecule has 4 rings (SSSR count).